The van der Waals surface area contributed by atoms with E-state index in [4.69, 9.17) is 19.4 Å². The Morgan fingerprint density at radius 2 is 0.908 bits per heavy atom. The van der Waals surface area contributed by atoms with Gasteiger partial charge in [0.15, 0.2) is 17.5 Å². The van der Waals surface area contributed by atoms with Crippen LogP contribution in [0.3, 0.4) is 0 Å². The molecule has 65 heavy (non-hydrogen) atoms. The van der Waals surface area contributed by atoms with E-state index in [2.05, 4.69) is 196 Å². The molecule has 3 heterocycles. The Balaban J connectivity index is 0.979. The molecule has 1 aliphatic rings. The molecule has 5 heteroatoms. The van der Waals surface area contributed by atoms with Crippen LogP contribution in [0.4, 0.5) is 0 Å². The first-order valence-electron chi connectivity index (χ1n) is 22.1. The zero-order chi connectivity index (χ0) is 43.2. The summed E-state index contributed by atoms with van der Waals surface area (Å²) in [6.45, 7) is 4.68. The summed E-state index contributed by atoms with van der Waals surface area (Å²) in [7, 11) is 0. The molecule has 0 N–H and O–H groups in total. The number of rotatable bonds is 6. The van der Waals surface area contributed by atoms with Gasteiger partial charge in [-0.25, -0.2) is 15.0 Å². The Morgan fingerprint density at radius 3 is 1.72 bits per heavy atom. The Hall–Kier alpha value is -7.99. The fourth-order valence-electron chi connectivity index (χ4n) is 10.2. The van der Waals surface area contributed by atoms with Gasteiger partial charge in [0.05, 0.1) is 0 Å². The second-order valence-electron chi connectivity index (χ2n) is 17.5. The number of thiophene rings is 1. The van der Waals surface area contributed by atoms with Gasteiger partial charge in [-0.1, -0.05) is 172 Å². The zero-order valence-electron chi connectivity index (χ0n) is 35.7. The minimum atomic E-state index is -0.0679. The summed E-state index contributed by atoms with van der Waals surface area (Å²) in [5, 5.41) is 4.33. The molecule has 1 aliphatic carbocycles. The van der Waals surface area contributed by atoms with Crippen molar-refractivity contribution in [1.82, 2.24) is 15.0 Å². The first-order valence-corrected chi connectivity index (χ1v) is 22.9. The van der Waals surface area contributed by atoms with Crippen molar-refractivity contribution >= 4 is 53.4 Å². The smallest absolute Gasteiger partial charge is 0.164 e. The number of benzene rings is 9. The topological polar surface area (TPSA) is 51.8 Å². The highest BCUT2D eigenvalue weighted by Gasteiger charge is 2.35. The van der Waals surface area contributed by atoms with Crippen molar-refractivity contribution in [2.45, 2.75) is 19.3 Å². The average Bonchev–Trinajstić information content (AvgIpc) is 4.01. The molecule has 13 rings (SSSR count). The first kappa shape index (κ1) is 37.6. The predicted molar refractivity (Wildman–Crippen MR) is 270 cm³/mol. The third-order valence-corrected chi connectivity index (χ3v) is 14.5. The van der Waals surface area contributed by atoms with Gasteiger partial charge in [-0.3, -0.25) is 0 Å². The van der Waals surface area contributed by atoms with Gasteiger partial charge in [-0.2, -0.15) is 0 Å². The number of hydrogen-bond acceptors (Lipinski definition) is 5. The molecule has 0 amide bonds. The van der Waals surface area contributed by atoms with E-state index in [0.717, 1.165) is 66.3 Å². The lowest BCUT2D eigenvalue weighted by Gasteiger charge is -2.22. The van der Waals surface area contributed by atoms with Crippen LogP contribution in [-0.4, -0.2) is 15.0 Å². The lowest BCUT2D eigenvalue weighted by Crippen LogP contribution is -2.14. The molecule has 0 saturated carbocycles. The SMILES string of the molecule is CC1(C)c2ccccc2-c2ccc(-c3cccc(-c4ccc5oc6cccc(-c7nc(-c8ccccc8-c8ccccc8)nc(-c8cccc9sc%10ccccc%10c89)n7)c6c5c4)c3)cc21. The molecule has 0 aliphatic heterocycles. The summed E-state index contributed by atoms with van der Waals surface area (Å²) in [5.41, 5.74) is 16.5. The Labute approximate surface area is 380 Å². The van der Waals surface area contributed by atoms with Crippen molar-refractivity contribution in [2.75, 3.05) is 0 Å². The fraction of sp³-hybridized carbons (Fsp3) is 0.0500. The lowest BCUT2D eigenvalue weighted by atomic mass is 9.81. The molecule has 12 aromatic rings. The van der Waals surface area contributed by atoms with Crippen LogP contribution in [0, 0.1) is 0 Å². The van der Waals surface area contributed by atoms with Crippen molar-refractivity contribution in [2.24, 2.45) is 0 Å². The van der Waals surface area contributed by atoms with Crippen LogP contribution in [-0.2, 0) is 5.41 Å². The van der Waals surface area contributed by atoms with Gasteiger partial charge in [0.1, 0.15) is 11.2 Å². The fourth-order valence-corrected chi connectivity index (χ4v) is 11.3. The molecule has 306 valence electrons. The van der Waals surface area contributed by atoms with Gasteiger partial charge in [-0.15, -0.1) is 11.3 Å². The van der Waals surface area contributed by atoms with Gasteiger partial charge >= 0.3 is 0 Å². The van der Waals surface area contributed by atoms with Crippen LogP contribution in [0.25, 0.3) is 121 Å². The number of hydrogen-bond donors (Lipinski definition) is 0. The number of nitrogens with zero attached hydrogens (tertiary/aromatic N) is 3. The van der Waals surface area contributed by atoms with E-state index in [0.29, 0.717) is 17.5 Å². The zero-order valence-corrected chi connectivity index (χ0v) is 36.5. The maximum Gasteiger partial charge on any atom is 0.164 e. The van der Waals surface area contributed by atoms with Crippen LogP contribution in [0.2, 0.25) is 0 Å². The van der Waals surface area contributed by atoms with Crippen LogP contribution in [0.5, 0.6) is 0 Å². The molecular formula is C60H39N3OS. The second-order valence-corrected chi connectivity index (χ2v) is 18.6. The maximum atomic E-state index is 6.62. The van der Waals surface area contributed by atoms with Crippen molar-refractivity contribution in [3.05, 3.63) is 211 Å². The molecule has 4 nitrogen and oxygen atoms in total. The largest absolute Gasteiger partial charge is 0.456 e. The number of fused-ring (bicyclic) bond motifs is 9. The monoisotopic (exact) mass is 849 g/mol. The van der Waals surface area contributed by atoms with Crippen LogP contribution >= 0.6 is 11.3 Å². The molecule has 0 atom stereocenters. The Bertz CT molecular complexity index is 3880. The molecule has 0 fully saturated rings. The summed E-state index contributed by atoms with van der Waals surface area (Å²) in [6, 6.07) is 71.3. The van der Waals surface area contributed by atoms with Gasteiger partial charge < -0.3 is 4.42 Å². The van der Waals surface area contributed by atoms with Crippen LogP contribution < -0.4 is 0 Å². The molecule has 0 saturated heterocycles. The van der Waals surface area contributed by atoms with E-state index in [1.54, 1.807) is 11.3 Å². The average molecular weight is 850 g/mol. The third-order valence-electron chi connectivity index (χ3n) is 13.4. The lowest BCUT2D eigenvalue weighted by molar-refractivity contribution is 0.660. The number of aromatic nitrogens is 3. The summed E-state index contributed by atoms with van der Waals surface area (Å²) in [5.74, 6) is 1.83. The summed E-state index contributed by atoms with van der Waals surface area (Å²) < 4.78 is 9.05. The Kier molecular flexibility index (Phi) is 8.39. The normalized spacial score (nSPS) is 12.9. The van der Waals surface area contributed by atoms with Crippen LogP contribution in [0.1, 0.15) is 25.0 Å². The van der Waals surface area contributed by atoms with Gasteiger partial charge in [-0.05, 0) is 98.1 Å². The van der Waals surface area contributed by atoms with Gasteiger partial charge in [0, 0.05) is 53.1 Å². The highest BCUT2D eigenvalue weighted by Crippen LogP contribution is 2.50. The number of furan rings is 1. The third kappa shape index (κ3) is 6.00. The van der Waals surface area contributed by atoms with E-state index >= 15 is 0 Å². The van der Waals surface area contributed by atoms with Gasteiger partial charge in [0.2, 0.25) is 0 Å². The van der Waals surface area contributed by atoms with E-state index < -0.39 is 0 Å². The second kappa shape index (κ2) is 14.5. The van der Waals surface area contributed by atoms with E-state index in [1.165, 1.54) is 48.2 Å². The van der Waals surface area contributed by atoms with E-state index in [9.17, 15) is 0 Å². The molecule has 0 radical (unpaired) electrons. The van der Waals surface area contributed by atoms with Crippen molar-refractivity contribution < 1.29 is 4.42 Å². The predicted octanol–water partition coefficient (Wildman–Crippen LogP) is 16.4. The highest BCUT2D eigenvalue weighted by atomic mass is 32.1. The minimum absolute atomic E-state index is 0.0679. The molecule has 9 aromatic carbocycles. The Morgan fingerprint density at radius 1 is 0.354 bits per heavy atom. The van der Waals surface area contributed by atoms with E-state index in [1.807, 2.05) is 18.2 Å². The summed E-state index contributed by atoms with van der Waals surface area (Å²) in [6.07, 6.45) is 0. The first-order chi connectivity index (χ1) is 32.0. The molecule has 0 bridgehead atoms. The molecule has 0 spiro atoms. The molecule has 3 aromatic heterocycles. The van der Waals surface area contributed by atoms with Crippen LogP contribution in [0.15, 0.2) is 205 Å². The van der Waals surface area contributed by atoms with Gasteiger partial charge in [0.25, 0.3) is 0 Å². The molecular weight excluding hydrogens is 811 g/mol. The van der Waals surface area contributed by atoms with Crippen molar-refractivity contribution in [1.29, 1.82) is 0 Å². The summed E-state index contributed by atoms with van der Waals surface area (Å²) >= 11 is 1.79. The standard InChI is InChI=1S/C60H39N3OS/c1-60(2)49-25-10-8-20-42(49)43-31-29-40(35-50(43)60)38-18-12-17-37(33-38)39-30-32-51-48(34-39)55-46(23-13-26-52(55)64-51)58-61-57(44-21-7-6-19-41(44)36-15-4-3-5-16-36)62-59(63-58)47-24-14-28-54-56(47)45-22-9-11-27-53(45)65-54/h3-35H,1-2H3. The maximum absolute atomic E-state index is 6.62. The molecule has 0 unspecified atom stereocenters. The van der Waals surface area contributed by atoms with E-state index in [-0.39, 0.29) is 5.41 Å². The minimum Gasteiger partial charge on any atom is -0.456 e. The highest BCUT2D eigenvalue weighted by molar-refractivity contribution is 7.25. The summed E-state index contributed by atoms with van der Waals surface area (Å²) in [4.78, 5) is 16.1. The quantitative estimate of drug-likeness (QED) is 0.167. The van der Waals surface area contributed by atoms with Crippen molar-refractivity contribution in [3.8, 4) is 78.7 Å². The van der Waals surface area contributed by atoms with Crippen molar-refractivity contribution in [3.63, 3.8) is 0 Å².